The number of nitrogens with one attached hydrogen (secondary N) is 3. The van der Waals surface area contributed by atoms with E-state index in [9.17, 15) is 29.1 Å². The van der Waals surface area contributed by atoms with Gasteiger partial charge in [-0.25, -0.2) is 15.0 Å². The smallest absolute Gasteiger partial charge is 0.306 e. The molecule has 2 atom stereocenters. The van der Waals surface area contributed by atoms with E-state index in [1.54, 1.807) is 18.6 Å². The third-order valence-electron chi connectivity index (χ3n) is 16.8. The normalized spacial score (nSPS) is 16.3. The molecule has 10 heterocycles. The van der Waals surface area contributed by atoms with E-state index in [0.717, 1.165) is 181 Å². The standard InChI is InChI=1S/C27H36N4O3.C26H34N4O3.C11H14N2O2.ClH/c1-34-26(33)18-22(23-5-2-14-28-19-23)7-6-20-12-16-31(17-13-20)25(32)11-10-24-9-8-21-4-3-15-29-27(21)30-24;31-24(10-9-23-8-7-20-3-2-14-28-26(20)29-23)30-15-11-19(12-16-30)5-6-21(17-25(32)33)22-4-1-13-27-18-22;14-10(15)6-5-9-4-3-8-2-1-7-12-11(8)13-9;/h2,5,8-9,14,19-20,22H,3-4,6-7,10-13,15-18H2,1H3,(H,29,30);1,4,7-8,13,18-19,21H,2-3,5-6,9-12,14-17H2,(H,28,29)(H,32,33);3-4H,1-2,5-7H2,(H,12,13)(H,14,15);1H. The molecule has 2 unspecified atom stereocenters. The highest BCUT2D eigenvalue weighted by Crippen LogP contribution is 2.33. The lowest BCUT2D eigenvalue weighted by molar-refractivity contribution is -0.141. The van der Waals surface area contributed by atoms with Crippen LogP contribution in [0.15, 0.2) is 85.5 Å². The zero-order chi connectivity index (χ0) is 57.5. The number of piperidine rings is 2. The summed E-state index contributed by atoms with van der Waals surface area (Å²) in [5, 5.41) is 27.8. The van der Waals surface area contributed by atoms with E-state index in [1.807, 2.05) is 52.4 Å². The lowest BCUT2D eigenvalue weighted by Gasteiger charge is -2.32. The van der Waals surface area contributed by atoms with Gasteiger partial charge in [-0.05, 0) is 185 Å². The molecule has 2 saturated heterocycles. The number of carbonyl (C=O) groups is 5. The van der Waals surface area contributed by atoms with Crippen LogP contribution in [0.4, 0.5) is 17.5 Å². The Hall–Kier alpha value is -7.21. The summed E-state index contributed by atoms with van der Waals surface area (Å²) in [6, 6.07) is 20.2. The number of carbonyl (C=O) groups excluding carboxylic acids is 3. The molecule has 5 aliphatic heterocycles. The molecule has 0 spiro atoms. The van der Waals surface area contributed by atoms with Gasteiger partial charge in [0.2, 0.25) is 11.8 Å². The zero-order valence-electron chi connectivity index (χ0n) is 48.3. The van der Waals surface area contributed by atoms with Crippen molar-refractivity contribution in [2.45, 2.75) is 153 Å². The number of methoxy groups -OCH3 is 1. The van der Waals surface area contributed by atoms with Crippen molar-refractivity contribution in [2.24, 2.45) is 11.8 Å². The van der Waals surface area contributed by atoms with E-state index >= 15 is 0 Å². The zero-order valence-corrected chi connectivity index (χ0v) is 49.1. The molecule has 10 rings (SSSR count). The minimum absolute atomic E-state index is 0. The van der Waals surface area contributed by atoms with Gasteiger partial charge in [0.05, 0.1) is 26.4 Å². The molecule has 0 aromatic carbocycles. The number of carboxylic acids is 2. The molecule has 0 saturated carbocycles. The molecule has 18 nitrogen and oxygen atoms in total. The number of esters is 1. The van der Waals surface area contributed by atoms with E-state index in [-0.39, 0.29) is 54.9 Å². The summed E-state index contributed by atoms with van der Waals surface area (Å²) in [5.41, 5.74) is 8.69. The van der Waals surface area contributed by atoms with Gasteiger partial charge in [0.15, 0.2) is 0 Å². The second-order valence-electron chi connectivity index (χ2n) is 22.6. The SMILES string of the molecule is COC(=O)CC(CCC1CCN(C(=O)CCc2ccc3c(n2)NCCC3)CC1)c1cccnc1.Cl.O=C(O)CC(CCC1CCN(C(=O)CCc2ccc3c(n2)NCCC3)CC1)c1cccnc1.O=C(O)CCc1ccc2c(n1)NCCC2. The molecule has 446 valence electrons. The van der Waals surface area contributed by atoms with Crippen LogP contribution in [0.5, 0.6) is 0 Å². The number of fused-ring (bicyclic) bond motifs is 3. The van der Waals surface area contributed by atoms with Gasteiger partial charge in [0.1, 0.15) is 17.5 Å². The Bertz CT molecular complexity index is 2870. The van der Waals surface area contributed by atoms with Gasteiger partial charge in [-0.15, -0.1) is 12.4 Å². The van der Waals surface area contributed by atoms with Crippen molar-refractivity contribution in [1.82, 2.24) is 34.7 Å². The summed E-state index contributed by atoms with van der Waals surface area (Å²) in [6.07, 6.45) is 25.1. The number of rotatable bonds is 21. The minimum Gasteiger partial charge on any atom is -0.481 e. The highest BCUT2D eigenvalue weighted by molar-refractivity contribution is 5.85. The molecule has 2 amide bonds. The van der Waals surface area contributed by atoms with Crippen LogP contribution in [0.3, 0.4) is 0 Å². The monoisotopic (exact) mass is 1160 g/mol. The number of hydrogen-bond donors (Lipinski definition) is 5. The molecule has 0 bridgehead atoms. The summed E-state index contributed by atoms with van der Waals surface area (Å²) in [7, 11) is 1.44. The lowest BCUT2D eigenvalue weighted by atomic mass is 9.85. The fraction of sp³-hybridized carbons (Fsp3) is 0.531. The van der Waals surface area contributed by atoms with Crippen molar-refractivity contribution >= 4 is 59.6 Å². The lowest BCUT2D eigenvalue weighted by Crippen LogP contribution is -2.38. The number of aryl methyl sites for hydroxylation is 6. The summed E-state index contributed by atoms with van der Waals surface area (Å²) < 4.78 is 4.91. The molecular formula is C64H85ClN10O8. The van der Waals surface area contributed by atoms with Gasteiger partial charge >= 0.3 is 17.9 Å². The van der Waals surface area contributed by atoms with Crippen molar-refractivity contribution in [3.05, 3.63) is 130 Å². The third-order valence-corrected chi connectivity index (χ3v) is 16.8. The molecular weight excluding hydrogens is 1070 g/mol. The topological polar surface area (TPSA) is 242 Å². The Labute approximate surface area is 495 Å². The molecule has 2 fully saturated rings. The van der Waals surface area contributed by atoms with Crippen molar-refractivity contribution < 1.29 is 38.9 Å². The number of ether oxygens (including phenoxy) is 1. The maximum atomic E-state index is 12.8. The maximum absolute atomic E-state index is 12.8. The molecule has 19 heteroatoms. The van der Waals surface area contributed by atoms with E-state index in [2.05, 4.69) is 55.2 Å². The molecule has 5 aromatic rings. The highest BCUT2D eigenvalue weighted by atomic mass is 35.5. The Morgan fingerprint density at radius 2 is 0.952 bits per heavy atom. The predicted molar refractivity (Wildman–Crippen MR) is 323 cm³/mol. The predicted octanol–water partition coefficient (Wildman–Crippen LogP) is 10.1. The first-order valence-corrected chi connectivity index (χ1v) is 30.0. The number of likely N-dealkylation sites (tertiary alicyclic amines) is 2. The number of pyridine rings is 5. The van der Waals surface area contributed by atoms with Crippen LogP contribution in [0.25, 0.3) is 0 Å². The van der Waals surface area contributed by atoms with Crippen LogP contribution >= 0.6 is 12.4 Å². The van der Waals surface area contributed by atoms with Crippen LogP contribution in [-0.2, 0) is 67.2 Å². The van der Waals surface area contributed by atoms with Crippen molar-refractivity contribution in [2.75, 3.05) is 68.9 Å². The number of anilines is 3. The fourth-order valence-corrected chi connectivity index (χ4v) is 11.9. The second kappa shape index (κ2) is 33.2. The molecule has 5 aromatic heterocycles. The minimum atomic E-state index is -0.775. The first kappa shape index (κ1) is 63.4. The quantitative estimate of drug-likeness (QED) is 0.0429. The number of nitrogens with zero attached hydrogens (tertiary/aromatic N) is 7. The summed E-state index contributed by atoms with van der Waals surface area (Å²) in [4.78, 5) is 85.4. The Balaban J connectivity index is 0.000000190. The van der Waals surface area contributed by atoms with Crippen LogP contribution in [0.1, 0.15) is 159 Å². The summed E-state index contributed by atoms with van der Waals surface area (Å²) >= 11 is 0. The van der Waals surface area contributed by atoms with E-state index < -0.39 is 11.9 Å². The number of aromatic nitrogens is 5. The van der Waals surface area contributed by atoms with Crippen LogP contribution in [-0.4, -0.2) is 128 Å². The number of halogens is 1. The van der Waals surface area contributed by atoms with Crippen LogP contribution in [0, 0.1) is 11.8 Å². The largest absolute Gasteiger partial charge is 0.481 e. The van der Waals surface area contributed by atoms with E-state index in [4.69, 9.17) is 19.8 Å². The van der Waals surface area contributed by atoms with Crippen LogP contribution in [0.2, 0.25) is 0 Å². The molecule has 0 aliphatic carbocycles. The number of amides is 2. The van der Waals surface area contributed by atoms with Gasteiger partial charge in [-0.1, -0.05) is 30.3 Å². The fourth-order valence-electron chi connectivity index (χ4n) is 11.9. The Morgan fingerprint density at radius 3 is 1.31 bits per heavy atom. The maximum Gasteiger partial charge on any atom is 0.306 e. The first-order valence-electron chi connectivity index (χ1n) is 30.0. The molecule has 5 N–H and O–H groups in total. The molecule has 0 radical (unpaired) electrons. The average molecular weight is 1160 g/mol. The number of aliphatic carboxylic acids is 2. The molecule has 83 heavy (non-hydrogen) atoms. The second-order valence-corrected chi connectivity index (χ2v) is 22.6. The Kier molecular flexibility index (Phi) is 25.3. The third kappa shape index (κ3) is 20.3. The van der Waals surface area contributed by atoms with Crippen molar-refractivity contribution in [1.29, 1.82) is 0 Å². The van der Waals surface area contributed by atoms with Gasteiger partial charge < -0.3 is 40.7 Å². The van der Waals surface area contributed by atoms with Gasteiger partial charge in [-0.2, -0.15) is 0 Å². The average Bonchev–Trinajstić information content (AvgIpc) is 3.56. The van der Waals surface area contributed by atoms with E-state index in [0.29, 0.717) is 50.4 Å². The van der Waals surface area contributed by atoms with Crippen molar-refractivity contribution in [3.63, 3.8) is 0 Å². The van der Waals surface area contributed by atoms with Gasteiger partial charge in [0, 0.05) is 107 Å². The summed E-state index contributed by atoms with van der Waals surface area (Å²) in [5.74, 6) is 2.86. The number of carboxylic acid groups (broad SMARTS) is 2. The molecule has 5 aliphatic rings. The highest BCUT2D eigenvalue weighted by Gasteiger charge is 2.27. The van der Waals surface area contributed by atoms with Gasteiger partial charge in [-0.3, -0.25) is 33.9 Å². The van der Waals surface area contributed by atoms with Gasteiger partial charge in [0.25, 0.3) is 0 Å². The van der Waals surface area contributed by atoms with E-state index in [1.165, 1.54) is 23.8 Å². The first-order chi connectivity index (χ1) is 40.0. The van der Waals surface area contributed by atoms with Crippen molar-refractivity contribution in [3.8, 4) is 0 Å². The summed E-state index contributed by atoms with van der Waals surface area (Å²) in [6.45, 7) is 6.12. The number of hydrogen-bond acceptors (Lipinski definition) is 14. The Morgan fingerprint density at radius 1 is 0.554 bits per heavy atom. The van der Waals surface area contributed by atoms with Crippen LogP contribution < -0.4 is 16.0 Å².